The third-order valence-electron chi connectivity index (χ3n) is 5.08. The molecule has 0 radical (unpaired) electrons. The van der Waals surface area contributed by atoms with Crippen molar-refractivity contribution in [3.05, 3.63) is 65.2 Å². The monoisotopic (exact) mass is 410 g/mol. The number of amides is 2. The average Bonchev–Trinajstić information content (AvgIpc) is 2.75. The number of nitrogens with zero attached hydrogens (tertiary/aromatic N) is 1. The first-order chi connectivity index (χ1) is 14.3. The highest BCUT2D eigenvalue weighted by molar-refractivity contribution is 5.87. The topological polar surface area (TPSA) is 58.6 Å². The number of ether oxygens (including phenoxy) is 1. The lowest BCUT2D eigenvalue weighted by Crippen LogP contribution is -2.49. The van der Waals surface area contributed by atoms with E-state index in [1.54, 1.807) is 11.8 Å². The maximum Gasteiger partial charge on any atom is 0.261 e. The van der Waals surface area contributed by atoms with Gasteiger partial charge in [-0.15, -0.1) is 0 Å². The van der Waals surface area contributed by atoms with Crippen LogP contribution in [0.1, 0.15) is 56.7 Å². The summed E-state index contributed by atoms with van der Waals surface area (Å²) in [5.41, 5.74) is 3.19. The van der Waals surface area contributed by atoms with E-state index in [1.165, 1.54) is 0 Å². The second-order valence-electron chi connectivity index (χ2n) is 7.96. The van der Waals surface area contributed by atoms with Crippen LogP contribution in [0.25, 0.3) is 0 Å². The molecule has 0 spiro atoms. The summed E-state index contributed by atoms with van der Waals surface area (Å²) in [5.74, 6) is 0.631. The Hall–Kier alpha value is -2.82. The highest BCUT2D eigenvalue weighted by Gasteiger charge is 2.26. The highest BCUT2D eigenvalue weighted by atomic mass is 16.5. The third-order valence-corrected chi connectivity index (χ3v) is 5.08. The zero-order valence-corrected chi connectivity index (χ0v) is 18.8. The van der Waals surface area contributed by atoms with E-state index >= 15 is 0 Å². The van der Waals surface area contributed by atoms with Gasteiger partial charge in [0.2, 0.25) is 5.91 Å². The molecule has 0 aliphatic rings. The smallest absolute Gasteiger partial charge is 0.261 e. The van der Waals surface area contributed by atoms with Crippen LogP contribution in [-0.4, -0.2) is 35.9 Å². The predicted molar refractivity (Wildman–Crippen MR) is 121 cm³/mol. The quantitative estimate of drug-likeness (QED) is 0.630. The molecule has 1 atom stereocenters. The standard InChI is InChI=1S/C25H34N2O3/c1-6-15-26-25(29)20(5)27(16-21-13-11-19(4)12-14-21)24(28)17-30-23-10-8-7-9-22(23)18(2)3/h7-14,18,20H,6,15-17H2,1-5H3,(H,26,29)/t20-/m1/s1. The minimum absolute atomic E-state index is 0.110. The minimum atomic E-state index is -0.589. The van der Waals surface area contributed by atoms with Gasteiger partial charge >= 0.3 is 0 Å². The van der Waals surface area contributed by atoms with Crippen molar-refractivity contribution in [1.29, 1.82) is 0 Å². The van der Waals surface area contributed by atoms with Crippen LogP contribution in [0.5, 0.6) is 5.75 Å². The lowest BCUT2D eigenvalue weighted by atomic mass is 10.0. The van der Waals surface area contributed by atoms with Crippen molar-refractivity contribution >= 4 is 11.8 Å². The highest BCUT2D eigenvalue weighted by Crippen LogP contribution is 2.26. The molecule has 2 aromatic rings. The number of rotatable bonds is 10. The second-order valence-corrected chi connectivity index (χ2v) is 7.96. The molecule has 2 amide bonds. The normalized spacial score (nSPS) is 11.8. The zero-order valence-electron chi connectivity index (χ0n) is 18.8. The molecule has 0 aliphatic heterocycles. The summed E-state index contributed by atoms with van der Waals surface area (Å²) in [4.78, 5) is 27.3. The van der Waals surface area contributed by atoms with E-state index in [1.807, 2.05) is 62.4 Å². The Morgan fingerprint density at radius 2 is 1.70 bits per heavy atom. The van der Waals surface area contributed by atoms with Crippen LogP contribution in [-0.2, 0) is 16.1 Å². The van der Waals surface area contributed by atoms with Gasteiger partial charge < -0.3 is 15.0 Å². The molecule has 5 heteroatoms. The van der Waals surface area contributed by atoms with E-state index < -0.39 is 6.04 Å². The number of benzene rings is 2. The molecule has 162 valence electrons. The molecule has 0 unspecified atom stereocenters. The Morgan fingerprint density at radius 3 is 2.33 bits per heavy atom. The summed E-state index contributed by atoms with van der Waals surface area (Å²) in [5, 5.41) is 2.89. The predicted octanol–water partition coefficient (Wildman–Crippen LogP) is 4.44. The van der Waals surface area contributed by atoms with Crippen molar-refractivity contribution in [3.63, 3.8) is 0 Å². The Bertz CT molecular complexity index is 831. The number of para-hydroxylation sites is 1. The lowest BCUT2D eigenvalue weighted by molar-refractivity contribution is -0.142. The Kier molecular flexibility index (Phi) is 8.90. The summed E-state index contributed by atoms with van der Waals surface area (Å²) < 4.78 is 5.89. The molecule has 0 bridgehead atoms. The summed E-state index contributed by atoms with van der Waals surface area (Å²) in [6.07, 6.45) is 0.847. The molecule has 0 heterocycles. The van der Waals surface area contributed by atoms with Gasteiger partial charge in [-0.25, -0.2) is 0 Å². The fourth-order valence-corrected chi connectivity index (χ4v) is 3.18. The fourth-order valence-electron chi connectivity index (χ4n) is 3.18. The van der Waals surface area contributed by atoms with Crippen molar-refractivity contribution in [1.82, 2.24) is 10.2 Å². The number of carbonyl (C=O) groups is 2. The van der Waals surface area contributed by atoms with E-state index in [2.05, 4.69) is 19.2 Å². The molecule has 5 nitrogen and oxygen atoms in total. The molecule has 0 fully saturated rings. The first kappa shape index (κ1) is 23.5. The minimum Gasteiger partial charge on any atom is -0.483 e. The number of aryl methyl sites for hydroxylation is 1. The Morgan fingerprint density at radius 1 is 1.03 bits per heavy atom. The van der Waals surface area contributed by atoms with Crippen LogP contribution in [0.2, 0.25) is 0 Å². The van der Waals surface area contributed by atoms with Crippen molar-refractivity contribution in [2.75, 3.05) is 13.2 Å². The Labute approximate surface area is 180 Å². The molecule has 0 aromatic heterocycles. The molecule has 0 saturated heterocycles. The van der Waals surface area contributed by atoms with E-state index in [4.69, 9.17) is 4.74 Å². The van der Waals surface area contributed by atoms with Crippen LogP contribution >= 0.6 is 0 Å². The number of hydrogen-bond donors (Lipinski definition) is 1. The van der Waals surface area contributed by atoms with Crippen LogP contribution in [0.3, 0.4) is 0 Å². The molecule has 2 rings (SSSR count). The van der Waals surface area contributed by atoms with E-state index in [0.29, 0.717) is 24.8 Å². The van der Waals surface area contributed by atoms with Crippen LogP contribution in [0, 0.1) is 6.92 Å². The number of nitrogens with one attached hydrogen (secondary N) is 1. The van der Waals surface area contributed by atoms with Crippen molar-refractivity contribution in [2.24, 2.45) is 0 Å². The van der Waals surface area contributed by atoms with Gasteiger partial charge in [0.25, 0.3) is 5.91 Å². The number of carbonyl (C=O) groups excluding carboxylic acids is 2. The first-order valence-corrected chi connectivity index (χ1v) is 10.7. The van der Waals surface area contributed by atoms with Gasteiger partial charge in [0.1, 0.15) is 11.8 Å². The maximum atomic E-state index is 13.1. The molecular formula is C25H34N2O3. The lowest BCUT2D eigenvalue weighted by Gasteiger charge is -2.29. The van der Waals surface area contributed by atoms with Crippen molar-refractivity contribution in [2.45, 2.75) is 59.5 Å². The van der Waals surface area contributed by atoms with Gasteiger partial charge in [-0.1, -0.05) is 68.8 Å². The zero-order chi connectivity index (χ0) is 22.1. The largest absolute Gasteiger partial charge is 0.483 e. The first-order valence-electron chi connectivity index (χ1n) is 10.7. The summed E-state index contributed by atoms with van der Waals surface area (Å²) >= 11 is 0. The second kappa shape index (κ2) is 11.4. The van der Waals surface area contributed by atoms with Gasteiger partial charge in [0.15, 0.2) is 6.61 Å². The van der Waals surface area contributed by atoms with E-state index in [0.717, 1.165) is 23.1 Å². The summed E-state index contributed by atoms with van der Waals surface area (Å²) in [7, 11) is 0. The van der Waals surface area contributed by atoms with Gasteiger partial charge in [-0.05, 0) is 43.4 Å². The van der Waals surface area contributed by atoms with E-state index in [9.17, 15) is 9.59 Å². The number of hydrogen-bond acceptors (Lipinski definition) is 3. The molecule has 1 N–H and O–H groups in total. The average molecular weight is 411 g/mol. The molecular weight excluding hydrogens is 376 g/mol. The van der Waals surface area contributed by atoms with E-state index in [-0.39, 0.29) is 18.4 Å². The molecule has 2 aromatic carbocycles. The van der Waals surface area contributed by atoms with Crippen molar-refractivity contribution in [3.8, 4) is 5.75 Å². The Balaban J connectivity index is 2.16. The molecule has 30 heavy (non-hydrogen) atoms. The van der Waals surface area contributed by atoms with Crippen LogP contribution in [0.4, 0.5) is 0 Å². The van der Waals surface area contributed by atoms with Crippen LogP contribution < -0.4 is 10.1 Å². The van der Waals surface area contributed by atoms with Gasteiger partial charge in [0, 0.05) is 13.1 Å². The maximum absolute atomic E-state index is 13.1. The molecule has 0 saturated carbocycles. The van der Waals surface area contributed by atoms with Gasteiger partial charge in [-0.2, -0.15) is 0 Å². The fraction of sp³-hybridized carbons (Fsp3) is 0.440. The summed E-state index contributed by atoms with van der Waals surface area (Å²) in [6.45, 7) is 10.8. The molecule has 0 aliphatic carbocycles. The van der Waals surface area contributed by atoms with Gasteiger partial charge in [-0.3, -0.25) is 9.59 Å². The SMILES string of the molecule is CCCNC(=O)[C@@H](C)N(Cc1ccc(C)cc1)C(=O)COc1ccccc1C(C)C. The van der Waals surface area contributed by atoms with Crippen molar-refractivity contribution < 1.29 is 14.3 Å². The van der Waals surface area contributed by atoms with Crippen LogP contribution in [0.15, 0.2) is 48.5 Å². The van der Waals surface area contributed by atoms with Gasteiger partial charge in [0.05, 0.1) is 0 Å². The summed E-state index contributed by atoms with van der Waals surface area (Å²) in [6, 6.07) is 15.2. The third kappa shape index (κ3) is 6.61.